The van der Waals surface area contributed by atoms with Gasteiger partial charge in [-0.25, -0.2) is 9.78 Å². The quantitative estimate of drug-likeness (QED) is 0.820. The fourth-order valence-corrected chi connectivity index (χ4v) is 5.39. The Balaban J connectivity index is 1.27. The van der Waals surface area contributed by atoms with Crippen molar-refractivity contribution in [3.63, 3.8) is 0 Å². The molecule has 166 valence electrons. The van der Waals surface area contributed by atoms with Crippen LogP contribution in [0.4, 0.5) is 4.79 Å². The Morgan fingerprint density at radius 3 is 2.52 bits per heavy atom. The first-order valence-corrected chi connectivity index (χ1v) is 11.3. The van der Waals surface area contributed by atoms with Crippen molar-refractivity contribution in [2.45, 2.75) is 65.0 Å². The third-order valence-corrected chi connectivity index (χ3v) is 6.82. The predicted molar refractivity (Wildman–Crippen MR) is 117 cm³/mol. The molecule has 2 aliphatic carbocycles. The summed E-state index contributed by atoms with van der Waals surface area (Å²) in [4.78, 5) is 32.1. The van der Waals surface area contributed by atoms with E-state index < -0.39 is 11.1 Å². The van der Waals surface area contributed by atoms with Crippen molar-refractivity contribution < 1.29 is 14.3 Å². The first-order valence-electron chi connectivity index (χ1n) is 11.3. The summed E-state index contributed by atoms with van der Waals surface area (Å²) < 4.78 is 7.62. The molecule has 1 saturated carbocycles. The molecule has 3 aliphatic rings. The maximum absolute atomic E-state index is 13.1. The molecule has 1 saturated heterocycles. The number of hydrogen-bond donors (Lipinski definition) is 1. The Morgan fingerprint density at radius 2 is 1.84 bits per heavy atom. The number of likely N-dealkylation sites (tertiary alicyclic amines) is 1. The molecule has 2 aromatic heterocycles. The lowest BCUT2D eigenvalue weighted by Crippen LogP contribution is -2.45. The van der Waals surface area contributed by atoms with Crippen molar-refractivity contribution in [3.05, 3.63) is 35.4 Å². The average Bonchev–Trinajstić information content (AvgIpc) is 2.99. The minimum atomic E-state index is -0.580. The zero-order chi connectivity index (χ0) is 22.1. The number of aryl methyl sites for hydroxylation is 2. The van der Waals surface area contributed by atoms with Gasteiger partial charge >= 0.3 is 6.09 Å². The van der Waals surface area contributed by atoms with Crippen molar-refractivity contribution in [1.82, 2.24) is 19.6 Å². The molecule has 1 N–H and O–H groups in total. The van der Waals surface area contributed by atoms with Gasteiger partial charge in [-0.3, -0.25) is 4.79 Å². The molecule has 3 heterocycles. The van der Waals surface area contributed by atoms with E-state index >= 15 is 0 Å². The number of piperidine rings is 1. The highest BCUT2D eigenvalue weighted by Crippen LogP contribution is 2.52. The number of ether oxygens (including phenoxy) is 1. The second kappa shape index (κ2) is 6.71. The van der Waals surface area contributed by atoms with Gasteiger partial charge < -0.3 is 19.4 Å². The molecular weight excluding hydrogens is 392 g/mol. The van der Waals surface area contributed by atoms with Crippen LogP contribution in [-0.4, -0.2) is 45.0 Å². The lowest BCUT2D eigenvalue weighted by atomic mass is 9.99. The Bertz CT molecular complexity index is 1050. The number of nitrogens with zero attached hydrogens (tertiary/aromatic N) is 3. The summed E-state index contributed by atoms with van der Waals surface area (Å²) >= 11 is 0. The summed E-state index contributed by atoms with van der Waals surface area (Å²) in [6.07, 6.45) is 4.95. The second-order valence-electron chi connectivity index (χ2n) is 10.8. The van der Waals surface area contributed by atoms with Gasteiger partial charge in [0.25, 0.3) is 0 Å². The molecule has 0 bridgehead atoms. The number of imidazole rings is 1. The molecule has 1 aliphatic heterocycles. The summed E-state index contributed by atoms with van der Waals surface area (Å²) in [5, 5.41) is 3.26. The van der Waals surface area contributed by atoms with Crippen LogP contribution in [0, 0.1) is 17.8 Å². The highest BCUT2D eigenvalue weighted by Gasteiger charge is 2.61. The summed E-state index contributed by atoms with van der Waals surface area (Å²) in [7, 11) is 0. The normalized spacial score (nSPS) is 24.8. The molecule has 5 rings (SSSR count). The fraction of sp³-hybridized carbons (Fsp3) is 0.625. The van der Waals surface area contributed by atoms with Crippen molar-refractivity contribution in [2.75, 3.05) is 13.1 Å². The lowest BCUT2D eigenvalue weighted by molar-refractivity contribution is -0.125. The number of aromatic nitrogens is 2. The minimum Gasteiger partial charge on any atom is -0.444 e. The van der Waals surface area contributed by atoms with Crippen LogP contribution in [-0.2, 0) is 27.9 Å². The first kappa shape index (κ1) is 20.3. The summed E-state index contributed by atoms with van der Waals surface area (Å²) in [5.74, 6) is 1.37. The molecular formula is C24H32N4O3. The van der Waals surface area contributed by atoms with E-state index in [1.807, 2.05) is 34.6 Å². The van der Waals surface area contributed by atoms with Crippen LogP contribution in [0.1, 0.15) is 58.1 Å². The lowest BCUT2D eigenvalue weighted by Gasteiger charge is -2.27. The smallest absolute Gasteiger partial charge is 0.410 e. The van der Waals surface area contributed by atoms with E-state index in [2.05, 4.69) is 28.0 Å². The van der Waals surface area contributed by atoms with Gasteiger partial charge in [-0.2, -0.15) is 0 Å². The van der Waals surface area contributed by atoms with Crippen LogP contribution >= 0.6 is 0 Å². The van der Waals surface area contributed by atoms with E-state index in [1.165, 1.54) is 11.1 Å². The van der Waals surface area contributed by atoms with Gasteiger partial charge in [0.15, 0.2) is 0 Å². The SMILES string of the molecule is CC(C)(C)OC(=O)N1C[C@@H]2[C@H](C1)[C@H]2C(=O)NC(C)(C)c1nc2c3c(cccn13)CCC2. The van der Waals surface area contributed by atoms with Gasteiger partial charge in [-0.15, -0.1) is 0 Å². The number of carbonyl (C=O) groups is 2. The van der Waals surface area contributed by atoms with Crippen LogP contribution in [0.2, 0.25) is 0 Å². The van der Waals surface area contributed by atoms with E-state index in [0.29, 0.717) is 13.1 Å². The third kappa shape index (κ3) is 3.48. The molecule has 31 heavy (non-hydrogen) atoms. The van der Waals surface area contributed by atoms with Crippen LogP contribution in [0.25, 0.3) is 5.52 Å². The number of pyridine rings is 1. The number of fused-ring (bicyclic) bond motifs is 1. The molecule has 2 amide bonds. The van der Waals surface area contributed by atoms with Gasteiger partial charge in [0.2, 0.25) is 5.91 Å². The fourth-order valence-electron chi connectivity index (χ4n) is 5.39. The van der Waals surface area contributed by atoms with Gasteiger partial charge in [0.05, 0.1) is 16.7 Å². The third-order valence-electron chi connectivity index (χ3n) is 6.82. The van der Waals surface area contributed by atoms with Gasteiger partial charge in [0, 0.05) is 25.2 Å². The van der Waals surface area contributed by atoms with E-state index in [4.69, 9.17) is 9.72 Å². The average molecular weight is 425 g/mol. The molecule has 7 heteroatoms. The topological polar surface area (TPSA) is 75.9 Å². The monoisotopic (exact) mass is 424 g/mol. The molecule has 7 nitrogen and oxygen atoms in total. The van der Waals surface area contributed by atoms with Crippen molar-refractivity contribution >= 4 is 17.5 Å². The Kier molecular flexibility index (Phi) is 4.40. The zero-order valence-corrected chi connectivity index (χ0v) is 19.1. The summed E-state index contributed by atoms with van der Waals surface area (Å²) in [5.41, 5.74) is 2.60. The maximum Gasteiger partial charge on any atom is 0.410 e. The van der Waals surface area contributed by atoms with Crippen LogP contribution < -0.4 is 5.32 Å². The Labute approximate surface area is 183 Å². The van der Waals surface area contributed by atoms with Crippen LogP contribution in [0.5, 0.6) is 0 Å². The predicted octanol–water partition coefficient (Wildman–Crippen LogP) is 3.29. The van der Waals surface area contributed by atoms with E-state index in [-0.39, 0.29) is 29.8 Å². The molecule has 2 fully saturated rings. The van der Waals surface area contributed by atoms with E-state index in [9.17, 15) is 9.59 Å². The number of hydrogen-bond acceptors (Lipinski definition) is 4. The van der Waals surface area contributed by atoms with Crippen LogP contribution in [0.15, 0.2) is 18.3 Å². The summed E-state index contributed by atoms with van der Waals surface area (Å²) in [6.45, 7) is 10.9. The molecule has 2 aromatic rings. The van der Waals surface area contributed by atoms with Crippen molar-refractivity contribution in [1.29, 1.82) is 0 Å². The van der Waals surface area contributed by atoms with Crippen LogP contribution in [0.3, 0.4) is 0 Å². The Hall–Kier alpha value is -2.57. The van der Waals surface area contributed by atoms with Crippen molar-refractivity contribution in [3.8, 4) is 0 Å². The first-order chi connectivity index (χ1) is 14.5. The number of rotatable bonds is 3. The van der Waals surface area contributed by atoms with Gasteiger partial charge in [0.1, 0.15) is 11.4 Å². The molecule has 3 atom stereocenters. The largest absolute Gasteiger partial charge is 0.444 e. The van der Waals surface area contributed by atoms with E-state index in [1.54, 1.807) is 4.90 Å². The van der Waals surface area contributed by atoms with Gasteiger partial charge in [-0.05, 0) is 77.3 Å². The molecule has 0 radical (unpaired) electrons. The molecule has 0 aromatic carbocycles. The number of nitrogens with one attached hydrogen (secondary N) is 1. The number of carbonyl (C=O) groups excluding carboxylic acids is 2. The standard InChI is InChI=1S/C24H32N4O3/c1-23(2,3)31-22(30)27-12-15-16(13-27)18(15)20(29)26-24(4,5)21-25-17-10-6-8-14-9-7-11-28(21)19(14)17/h7,9,11,15-16,18H,6,8,10,12-13H2,1-5H3,(H,26,29)/t15-,16+,18+. The van der Waals surface area contributed by atoms with E-state index in [0.717, 1.165) is 30.8 Å². The Morgan fingerprint density at radius 1 is 1.13 bits per heavy atom. The maximum atomic E-state index is 13.1. The summed E-state index contributed by atoms with van der Waals surface area (Å²) in [6, 6.07) is 4.24. The van der Waals surface area contributed by atoms with Crippen molar-refractivity contribution in [2.24, 2.45) is 17.8 Å². The molecule has 0 spiro atoms. The second-order valence-corrected chi connectivity index (χ2v) is 10.8. The number of amides is 2. The molecule has 0 unspecified atom stereocenters. The zero-order valence-electron chi connectivity index (χ0n) is 19.1. The highest BCUT2D eigenvalue weighted by molar-refractivity contribution is 5.84. The highest BCUT2D eigenvalue weighted by atomic mass is 16.6. The minimum absolute atomic E-state index is 0.0325. The van der Waals surface area contributed by atoms with Gasteiger partial charge in [-0.1, -0.05) is 6.07 Å².